The molecule has 126 valence electrons. The highest BCUT2D eigenvalue weighted by Crippen LogP contribution is 2.37. The molecule has 2 saturated heterocycles. The minimum Gasteiger partial charge on any atom is -0.390 e. The smallest absolute Gasteiger partial charge is 0.248 e. The van der Waals surface area contributed by atoms with Crippen LogP contribution in [-0.2, 0) is 9.53 Å². The molecule has 7 heteroatoms. The van der Waals surface area contributed by atoms with Crippen molar-refractivity contribution >= 4 is 5.91 Å². The Labute approximate surface area is 129 Å². The van der Waals surface area contributed by atoms with Crippen molar-refractivity contribution in [1.29, 1.82) is 0 Å². The van der Waals surface area contributed by atoms with Crippen LogP contribution in [0, 0.1) is 5.92 Å². The fourth-order valence-electron chi connectivity index (χ4n) is 3.76. The third kappa shape index (κ3) is 3.41. The van der Waals surface area contributed by atoms with Crippen molar-refractivity contribution in [1.82, 2.24) is 9.80 Å². The van der Waals surface area contributed by atoms with Crippen molar-refractivity contribution in [3.8, 4) is 0 Å². The quantitative estimate of drug-likeness (QED) is 0.815. The van der Waals surface area contributed by atoms with E-state index in [-0.39, 0.29) is 43.6 Å². The molecular weight excluding hydrogens is 294 g/mol. The first kappa shape index (κ1) is 16.1. The number of morpholine rings is 1. The Bertz CT molecular complexity index is 406. The SMILES string of the molecule is O=C(C1CCC(F)(F)CC1)N1C[C@@H](O)[C@H](N2CCOCC2)C1. The van der Waals surface area contributed by atoms with Gasteiger partial charge >= 0.3 is 0 Å². The third-order valence-corrected chi connectivity index (χ3v) is 5.15. The Balaban J connectivity index is 1.56. The fraction of sp³-hybridized carbons (Fsp3) is 0.933. The number of aliphatic hydroxyl groups excluding tert-OH is 1. The number of aliphatic hydroxyl groups is 1. The van der Waals surface area contributed by atoms with Crippen LogP contribution in [0.2, 0.25) is 0 Å². The highest BCUT2D eigenvalue weighted by Gasteiger charge is 2.43. The van der Waals surface area contributed by atoms with Gasteiger partial charge < -0.3 is 14.7 Å². The summed E-state index contributed by atoms with van der Waals surface area (Å²) in [4.78, 5) is 16.3. The third-order valence-electron chi connectivity index (χ3n) is 5.15. The van der Waals surface area contributed by atoms with Crippen LogP contribution >= 0.6 is 0 Å². The molecule has 0 aromatic rings. The molecule has 1 N–H and O–H groups in total. The summed E-state index contributed by atoms with van der Waals surface area (Å²) in [6.07, 6.45) is -0.465. The lowest BCUT2D eigenvalue weighted by atomic mass is 9.86. The molecule has 2 atom stereocenters. The number of nitrogens with zero attached hydrogens (tertiary/aromatic N) is 2. The van der Waals surface area contributed by atoms with Gasteiger partial charge in [0, 0.05) is 44.9 Å². The van der Waals surface area contributed by atoms with Gasteiger partial charge in [-0.15, -0.1) is 0 Å². The Morgan fingerprint density at radius 1 is 1.14 bits per heavy atom. The zero-order valence-corrected chi connectivity index (χ0v) is 12.7. The standard InChI is InChI=1S/C15H24F2N2O3/c16-15(17)3-1-11(2-4-15)14(21)19-9-12(13(20)10-19)18-5-7-22-8-6-18/h11-13,20H,1-10H2/t12-,13-/m1/s1. The molecule has 0 aromatic heterocycles. The molecule has 0 bridgehead atoms. The maximum Gasteiger partial charge on any atom is 0.248 e. The molecule has 5 nitrogen and oxygen atoms in total. The van der Waals surface area contributed by atoms with Crippen molar-refractivity contribution < 1.29 is 23.4 Å². The van der Waals surface area contributed by atoms with E-state index in [1.54, 1.807) is 4.90 Å². The highest BCUT2D eigenvalue weighted by molar-refractivity contribution is 5.79. The average molecular weight is 318 g/mol. The maximum atomic E-state index is 13.2. The van der Waals surface area contributed by atoms with Gasteiger partial charge in [0.2, 0.25) is 11.8 Å². The van der Waals surface area contributed by atoms with E-state index in [4.69, 9.17) is 4.74 Å². The van der Waals surface area contributed by atoms with E-state index >= 15 is 0 Å². The van der Waals surface area contributed by atoms with E-state index in [2.05, 4.69) is 4.90 Å². The largest absolute Gasteiger partial charge is 0.390 e. The number of carbonyl (C=O) groups is 1. The van der Waals surface area contributed by atoms with Crippen LogP contribution in [0.4, 0.5) is 8.78 Å². The number of β-amino-alcohol motifs (C(OH)–C–C–N with tert-alkyl or cyclic N) is 1. The summed E-state index contributed by atoms with van der Waals surface area (Å²) in [5.74, 6) is -2.99. The number of halogens is 2. The van der Waals surface area contributed by atoms with Crippen molar-refractivity contribution in [3.05, 3.63) is 0 Å². The van der Waals surface area contributed by atoms with E-state index in [1.807, 2.05) is 0 Å². The number of rotatable bonds is 2. The molecule has 1 saturated carbocycles. The molecule has 3 fully saturated rings. The van der Waals surface area contributed by atoms with Crippen LogP contribution in [0.3, 0.4) is 0 Å². The first-order chi connectivity index (χ1) is 10.5. The lowest BCUT2D eigenvalue weighted by Gasteiger charge is -2.33. The van der Waals surface area contributed by atoms with Crippen LogP contribution in [0.15, 0.2) is 0 Å². The highest BCUT2D eigenvalue weighted by atomic mass is 19.3. The molecule has 2 heterocycles. The monoisotopic (exact) mass is 318 g/mol. The Morgan fingerprint density at radius 2 is 1.77 bits per heavy atom. The van der Waals surface area contributed by atoms with E-state index in [0.717, 1.165) is 13.1 Å². The van der Waals surface area contributed by atoms with Gasteiger partial charge in [0.05, 0.1) is 25.4 Å². The Kier molecular flexibility index (Phi) is 4.66. The van der Waals surface area contributed by atoms with Crippen molar-refractivity contribution in [2.45, 2.75) is 43.8 Å². The summed E-state index contributed by atoms with van der Waals surface area (Å²) >= 11 is 0. The summed E-state index contributed by atoms with van der Waals surface area (Å²) in [7, 11) is 0. The minimum atomic E-state index is -2.61. The van der Waals surface area contributed by atoms with E-state index < -0.39 is 12.0 Å². The molecule has 2 aliphatic heterocycles. The molecule has 0 radical (unpaired) electrons. The van der Waals surface area contributed by atoms with Gasteiger partial charge in [0.15, 0.2) is 0 Å². The van der Waals surface area contributed by atoms with Crippen LogP contribution in [0.25, 0.3) is 0 Å². The number of amides is 1. The average Bonchev–Trinajstić information content (AvgIpc) is 2.89. The topological polar surface area (TPSA) is 53.0 Å². The summed E-state index contributed by atoms with van der Waals surface area (Å²) in [5.41, 5.74) is 0. The van der Waals surface area contributed by atoms with Gasteiger partial charge in [0.25, 0.3) is 0 Å². The zero-order chi connectivity index (χ0) is 15.7. The first-order valence-corrected chi connectivity index (χ1v) is 8.13. The number of alkyl halides is 2. The fourth-order valence-corrected chi connectivity index (χ4v) is 3.76. The molecule has 0 unspecified atom stereocenters. The maximum absolute atomic E-state index is 13.2. The summed E-state index contributed by atoms with van der Waals surface area (Å²) in [6.45, 7) is 3.63. The van der Waals surface area contributed by atoms with Gasteiger partial charge in [-0.3, -0.25) is 9.69 Å². The number of ether oxygens (including phenoxy) is 1. The van der Waals surface area contributed by atoms with Crippen LogP contribution < -0.4 is 0 Å². The number of carbonyl (C=O) groups excluding carboxylic acids is 1. The number of hydrogen-bond donors (Lipinski definition) is 1. The molecule has 0 spiro atoms. The van der Waals surface area contributed by atoms with E-state index in [9.17, 15) is 18.7 Å². The Hall–Kier alpha value is -0.790. The van der Waals surface area contributed by atoms with Crippen LogP contribution in [0.1, 0.15) is 25.7 Å². The van der Waals surface area contributed by atoms with Crippen molar-refractivity contribution in [2.75, 3.05) is 39.4 Å². The van der Waals surface area contributed by atoms with Gasteiger partial charge in [-0.1, -0.05) is 0 Å². The molecule has 1 aliphatic carbocycles. The second-order valence-corrected chi connectivity index (χ2v) is 6.66. The van der Waals surface area contributed by atoms with Gasteiger partial charge in [-0.25, -0.2) is 8.78 Å². The first-order valence-electron chi connectivity index (χ1n) is 8.13. The zero-order valence-electron chi connectivity index (χ0n) is 12.7. The number of likely N-dealkylation sites (tertiary alicyclic amines) is 1. The molecule has 22 heavy (non-hydrogen) atoms. The molecule has 1 amide bonds. The summed E-state index contributed by atoms with van der Waals surface area (Å²) < 4.78 is 31.7. The Morgan fingerprint density at radius 3 is 2.41 bits per heavy atom. The van der Waals surface area contributed by atoms with Crippen molar-refractivity contribution in [3.63, 3.8) is 0 Å². The van der Waals surface area contributed by atoms with Gasteiger partial charge in [0.1, 0.15) is 0 Å². The van der Waals surface area contributed by atoms with Gasteiger partial charge in [-0.05, 0) is 12.8 Å². The molecule has 0 aromatic carbocycles. The van der Waals surface area contributed by atoms with Crippen LogP contribution in [-0.4, -0.2) is 78.3 Å². The molecule has 3 aliphatic rings. The molecule has 3 rings (SSSR count). The van der Waals surface area contributed by atoms with Crippen LogP contribution in [0.5, 0.6) is 0 Å². The van der Waals surface area contributed by atoms with E-state index in [0.29, 0.717) is 26.3 Å². The minimum absolute atomic E-state index is 0.0575. The second kappa shape index (κ2) is 6.37. The summed E-state index contributed by atoms with van der Waals surface area (Å²) in [6, 6.07) is -0.0575. The molecular formula is C15H24F2N2O3. The number of hydrogen-bond acceptors (Lipinski definition) is 4. The second-order valence-electron chi connectivity index (χ2n) is 6.66. The predicted octanol–water partition coefficient (Wildman–Crippen LogP) is 0.716. The van der Waals surface area contributed by atoms with Crippen molar-refractivity contribution in [2.24, 2.45) is 5.92 Å². The van der Waals surface area contributed by atoms with E-state index in [1.165, 1.54) is 0 Å². The lowest BCUT2D eigenvalue weighted by molar-refractivity contribution is -0.139. The lowest BCUT2D eigenvalue weighted by Crippen LogP contribution is -2.49. The normalized spacial score (nSPS) is 34.0. The predicted molar refractivity (Wildman–Crippen MR) is 75.7 cm³/mol. The summed E-state index contributed by atoms with van der Waals surface area (Å²) in [5, 5.41) is 10.2. The van der Waals surface area contributed by atoms with Gasteiger partial charge in [-0.2, -0.15) is 0 Å².